The zero-order chi connectivity index (χ0) is 14.4. The summed E-state index contributed by atoms with van der Waals surface area (Å²) in [5, 5.41) is 2.82. The van der Waals surface area contributed by atoms with Gasteiger partial charge in [-0.3, -0.25) is 9.59 Å². The number of nitrogens with two attached hydrogens (primary N) is 1. The molecule has 19 heavy (non-hydrogen) atoms. The first-order chi connectivity index (χ1) is 8.97. The molecule has 3 unspecified atom stereocenters. The number of amides is 2. The molecule has 3 N–H and O–H groups in total. The molecule has 5 heteroatoms. The van der Waals surface area contributed by atoms with Gasteiger partial charge in [0.15, 0.2) is 0 Å². The molecule has 0 aromatic heterocycles. The minimum Gasteiger partial charge on any atom is -0.353 e. The topological polar surface area (TPSA) is 75.4 Å². The van der Waals surface area contributed by atoms with Crippen LogP contribution in [0.15, 0.2) is 0 Å². The number of piperazine rings is 1. The van der Waals surface area contributed by atoms with Gasteiger partial charge >= 0.3 is 0 Å². The third-order valence-corrected chi connectivity index (χ3v) is 3.72. The first-order valence-electron chi connectivity index (χ1n) is 7.31. The normalized spacial score (nSPS) is 22.8. The molecule has 1 aliphatic rings. The van der Waals surface area contributed by atoms with Gasteiger partial charge in [-0.2, -0.15) is 0 Å². The maximum Gasteiger partial charge on any atom is 0.242 e. The average molecular weight is 269 g/mol. The number of nitrogens with one attached hydrogen (secondary N) is 1. The second-order valence-electron chi connectivity index (χ2n) is 5.56. The van der Waals surface area contributed by atoms with Gasteiger partial charge in [-0.1, -0.05) is 20.3 Å². The van der Waals surface area contributed by atoms with Gasteiger partial charge in [0.2, 0.25) is 11.8 Å². The Morgan fingerprint density at radius 1 is 1.47 bits per heavy atom. The number of nitrogens with zero attached hydrogens (tertiary/aromatic N) is 1. The lowest BCUT2D eigenvalue weighted by Crippen LogP contribution is -2.57. The summed E-state index contributed by atoms with van der Waals surface area (Å²) in [6, 6.07) is -0.108. The zero-order valence-electron chi connectivity index (χ0n) is 12.3. The Morgan fingerprint density at radius 2 is 2.16 bits per heavy atom. The summed E-state index contributed by atoms with van der Waals surface area (Å²) in [6.07, 6.45) is 3.41. The standard InChI is InChI=1S/C14H27N3O2/c1-4-12-13(18)16-8-9-17(12)14(19)10(2)6-5-7-11(3)15/h10-12H,4-9,15H2,1-3H3,(H,16,18). The second-order valence-corrected chi connectivity index (χ2v) is 5.56. The molecule has 110 valence electrons. The van der Waals surface area contributed by atoms with E-state index in [4.69, 9.17) is 5.73 Å². The molecular formula is C14H27N3O2. The SMILES string of the molecule is CCC1C(=O)NCCN1C(=O)C(C)CCCC(C)N. The van der Waals surface area contributed by atoms with Crippen LogP contribution < -0.4 is 11.1 Å². The Bertz CT molecular complexity index is 318. The summed E-state index contributed by atoms with van der Waals surface area (Å²) in [5.41, 5.74) is 5.71. The number of hydrogen-bond donors (Lipinski definition) is 2. The molecule has 1 rings (SSSR count). The van der Waals surface area contributed by atoms with Crippen LogP contribution in [-0.4, -0.2) is 41.9 Å². The Labute approximate surface area is 115 Å². The quantitative estimate of drug-likeness (QED) is 0.751. The van der Waals surface area contributed by atoms with E-state index in [0.29, 0.717) is 19.5 Å². The second kappa shape index (κ2) is 7.48. The van der Waals surface area contributed by atoms with Gasteiger partial charge in [0.25, 0.3) is 0 Å². The molecule has 0 saturated carbocycles. The maximum atomic E-state index is 12.4. The largest absolute Gasteiger partial charge is 0.353 e. The van der Waals surface area contributed by atoms with Crippen LogP contribution in [0, 0.1) is 5.92 Å². The number of hydrogen-bond acceptors (Lipinski definition) is 3. The van der Waals surface area contributed by atoms with E-state index in [-0.39, 0.29) is 29.8 Å². The van der Waals surface area contributed by atoms with Gasteiger partial charge in [0, 0.05) is 25.0 Å². The average Bonchev–Trinajstić information content (AvgIpc) is 2.37. The summed E-state index contributed by atoms with van der Waals surface area (Å²) < 4.78 is 0. The molecule has 0 spiro atoms. The Morgan fingerprint density at radius 3 is 2.74 bits per heavy atom. The molecular weight excluding hydrogens is 242 g/mol. The molecule has 0 aliphatic carbocycles. The van der Waals surface area contributed by atoms with Crippen LogP contribution in [-0.2, 0) is 9.59 Å². The van der Waals surface area contributed by atoms with Crippen molar-refractivity contribution < 1.29 is 9.59 Å². The summed E-state index contributed by atoms with van der Waals surface area (Å²) in [6.45, 7) is 7.06. The Hall–Kier alpha value is -1.10. The highest BCUT2D eigenvalue weighted by atomic mass is 16.2. The molecule has 0 aromatic rings. The van der Waals surface area contributed by atoms with E-state index in [1.165, 1.54) is 0 Å². The van der Waals surface area contributed by atoms with Gasteiger partial charge in [-0.25, -0.2) is 0 Å². The first-order valence-corrected chi connectivity index (χ1v) is 7.31. The zero-order valence-corrected chi connectivity index (χ0v) is 12.3. The van der Waals surface area contributed by atoms with Gasteiger partial charge in [-0.05, 0) is 26.2 Å². The van der Waals surface area contributed by atoms with E-state index in [2.05, 4.69) is 5.32 Å². The Balaban J connectivity index is 2.52. The molecule has 1 saturated heterocycles. The molecule has 1 fully saturated rings. The van der Waals surface area contributed by atoms with E-state index in [9.17, 15) is 9.59 Å². The lowest BCUT2D eigenvalue weighted by molar-refractivity contribution is -0.146. The molecule has 5 nitrogen and oxygen atoms in total. The molecule has 3 atom stereocenters. The summed E-state index contributed by atoms with van der Waals surface area (Å²) in [5.74, 6) is 0.0509. The molecule has 1 aliphatic heterocycles. The summed E-state index contributed by atoms with van der Waals surface area (Å²) >= 11 is 0. The third-order valence-electron chi connectivity index (χ3n) is 3.72. The van der Waals surface area contributed by atoms with Gasteiger partial charge < -0.3 is 16.0 Å². The molecule has 2 amide bonds. The maximum absolute atomic E-state index is 12.4. The fourth-order valence-electron chi connectivity index (χ4n) is 2.54. The minimum atomic E-state index is -0.294. The third kappa shape index (κ3) is 4.49. The Kier molecular flexibility index (Phi) is 6.28. The van der Waals surface area contributed by atoms with Crippen LogP contribution in [0.4, 0.5) is 0 Å². The van der Waals surface area contributed by atoms with Crippen molar-refractivity contribution in [1.29, 1.82) is 0 Å². The van der Waals surface area contributed by atoms with Crippen LogP contribution in [0.2, 0.25) is 0 Å². The predicted octanol–water partition coefficient (Wildman–Crippen LogP) is 0.877. The van der Waals surface area contributed by atoms with Crippen LogP contribution in [0.25, 0.3) is 0 Å². The summed E-state index contributed by atoms with van der Waals surface area (Å²) in [4.78, 5) is 25.9. The van der Waals surface area contributed by atoms with Gasteiger partial charge in [0.05, 0.1) is 0 Å². The lowest BCUT2D eigenvalue weighted by Gasteiger charge is -2.36. The number of rotatable bonds is 6. The monoisotopic (exact) mass is 269 g/mol. The molecule has 1 heterocycles. The van der Waals surface area contributed by atoms with E-state index in [0.717, 1.165) is 19.3 Å². The van der Waals surface area contributed by atoms with Gasteiger partial charge in [-0.15, -0.1) is 0 Å². The highest BCUT2D eigenvalue weighted by Crippen LogP contribution is 2.17. The van der Waals surface area contributed by atoms with Crippen molar-refractivity contribution in [3.63, 3.8) is 0 Å². The van der Waals surface area contributed by atoms with Crippen LogP contribution >= 0.6 is 0 Å². The van der Waals surface area contributed by atoms with E-state index in [1.807, 2.05) is 20.8 Å². The first kappa shape index (κ1) is 16.0. The van der Waals surface area contributed by atoms with Crippen molar-refractivity contribution >= 4 is 11.8 Å². The van der Waals surface area contributed by atoms with Crippen molar-refractivity contribution in [2.45, 2.75) is 58.5 Å². The van der Waals surface area contributed by atoms with Crippen molar-refractivity contribution in [1.82, 2.24) is 10.2 Å². The van der Waals surface area contributed by atoms with Crippen LogP contribution in [0.5, 0.6) is 0 Å². The van der Waals surface area contributed by atoms with Crippen molar-refractivity contribution in [3.8, 4) is 0 Å². The van der Waals surface area contributed by atoms with Crippen molar-refractivity contribution in [3.05, 3.63) is 0 Å². The van der Waals surface area contributed by atoms with E-state index >= 15 is 0 Å². The van der Waals surface area contributed by atoms with E-state index in [1.54, 1.807) is 4.90 Å². The molecule has 0 radical (unpaired) electrons. The van der Waals surface area contributed by atoms with Crippen LogP contribution in [0.3, 0.4) is 0 Å². The van der Waals surface area contributed by atoms with E-state index < -0.39 is 0 Å². The summed E-state index contributed by atoms with van der Waals surface area (Å²) in [7, 11) is 0. The minimum absolute atomic E-state index is 0.0233. The molecule has 0 aromatic carbocycles. The lowest BCUT2D eigenvalue weighted by atomic mass is 9.99. The van der Waals surface area contributed by atoms with Gasteiger partial charge in [0.1, 0.15) is 6.04 Å². The highest BCUT2D eigenvalue weighted by molar-refractivity contribution is 5.89. The fourth-order valence-corrected chi connectivity index (χ4v) is 2.54. The van der Waals surface area contributed by atoms with Crippen LogP contribution in [0.1, 0.15) is 46.5 Å². The smallest absolute Gasteiger partial charge is 0.242 e. The number of carbonyl (C=O) groups excluding carboxylic acids is 2. The van der Waals surface area contributed by atoms with Crippen molar-refractivity contribution in [2.24, 2.45) is 11.7 Å². The predicted molar refractivity (Wildman–Crippen MR) is 75.5 cm³/mol. The number of carbonyl (C=O) groups is 2. The fraction of sp³-hybridized carbons (Fsp3) is 0.857. The van der Waals surface area contributed by atoms with Crippen molar-refractivity contribution in [2.75, 3.05) is 13.1 Å². The molecule has 0 bridgehead atoms. The highest BCUT2D eigenvalue weighted by Gasteiger charge is 2.33.